The Morgan fingerprint density at radius 2 is 1.77 bits per heavy atom. The van der Waals surface area contributed by atoms with Gasteiger partial charge in [-0.25, -0.2) is 4.79 Å². The third kappa shape index (κ3) is 6.13. The first-order valence-electron chi connectivity index (χ1n) is 13.2. The summed E-state index contributed by atoms with van der Waals surface area (Å²) in [5, 5.41) is 11.0. The van der Waals surface area contributed by atoms with E-state index in [2.05, 4.69) is 40.8 Å². The molecule has 0 aliphatic carbocycles. The van der Waals surface area contributed by atoms with Crippen LogP contribution in [0.5, 0.6) is 0 Å². The van der Waals surface area contributed by atoms with Gasteiger partial charge in [0.2, 0.25) is 5.91 Å². The van der Waals surface area contributed by atoms with E-state index in [0.717, 1.165) is 9.80 Å². The van der Waals surface area contributed by atoms with Gasteiger partial charge in [-0.2, -0.15) is 0 Å². The van der Waals surface area contributed by atoms with Crippen molar-refractivity contribution in [2.75, 3.05) is 6.61 Å². The van der Waals surface area contributed by atoms with E-state index in [1.807, 2.05) is 30.3 Å². The zero-order valence-electron chi connectivity index (χ0n) is 23.2. The Morgan fingerprint density at radius 3 is 2.33 bits per heavy atom. The van der Waals surface area contributed by atoms with E-state index in [1.165, 1.54) is 23.9 Å². The molecule has 2 aliphatic heterocycles. The predicted molar refractivity (Wildman–Crippen MR) is 153 cm³/mol. The van der Waals surface area contributed by atoms with Crippen molar-refractivity contribution in [2.45, 2.75) is 58.3 Å². The molecular formula is C29H36N2O6SSi. The van der Waals surface area contributed by atoms with Crippen molar-refractivity contribution in [3.63, 3.8) is 0 Å². The number of nitro groups is 1. The summed E-state index contributed by atoms with van der Waals surface area (Å²) in [6.45, 7) is 13.2. The van der Waals surface area contributed by atoms with Gasteiger partial charge in [-0.3, -0.25) is 14.9 Å². The smallest absolute Gasteiger partial charge is 0.356 e. The number of carbonyl (C=O) groups excluding carboxylic acids is 2. The Labute approximate surface area is 235 Å². The van der Waals surface area contributed by atoms with Crippen LogP contribution in [0, 0.1) is 33.3 Å². The van der Waals surface area contributed by atoms with Crippen LogP contribution >= 0.6 is 11.8 Å². The second-order valence-electron chi connectivity index (χ2n) is 11.5. The third-order valence-electron chi connectivity index (χ3n) is 7.43. The number of β-lactam (4-membered cyclic amide) rings is 1. The van der Waals surface area contributed by atoms with Gasteiger partial charge in [0.25, 0.3) is 5.69 Å². The molecule has 1 fully saturated rings. The fourth-order valence-corrected chi connectivity index (χ4v) is 7.04. The van der Waals surface area contributed by atoms with Gasteiger partial charge >= 0.3 is 5.97 Å². The Morgan fingerprint density at radius 1 is 1.13 bits per heavy atom. The van der Waals surface area contributed by atoms with Crippen molar-refractivity contribution in [2.24, 2.45) is 23.2 Å². The van der Waals surface area contributed by atoms with Crippen molar-refractivity contribution in [3.8, 4) is 0 Å². The molecule has 0 radical (unpaired) electrons. The maximum atomic E-state index is 13.8. The lowest BCUT2D eigenvalue weighted by molar-refractivity contribution is -0.384. The fourth-order valence-electron chi connectivity index (χ4n) is 5.30. The van der Waals surface area contributed by atoms with E-state index in [-0.39, 0.29) is 47.4 Å². The maximum Gasteiger partial charge on any atom is 0.356 e. The molecule has 4 atom stereocenters. The minimum Gasteiger partial charge on any atom is -0.456 e. The highest BCUT2D eigenvalue weighted by Gasteiger charge is 2.62. The Bertz CT molecular complexity index is 1260. The molecule has 0 bridgehead atoms. The summed E-state index contributed by atoms with van der Waals surface area (Å²) in [5.74, 6) is -0.917. The summed E-state index contributed by atoms with van der Waals surface area (Å²) >= 11 is 1.50. The second-order valence-corrected chi connectivity index (χ2v) is 15.0. The van der Waals surface area contributed by atoms with Crippen LogP contribution in [-0.4, -0.2) is 43.4 Å². The third-order valence-corrected chi connectivity index (χ3v) is 9.58. The molecule has 1 amide bonds. The summed E-state index contributed by atoms with van der Waals surface area (Å²) in [4.78, 5) is 41.2. The van der Waals surface area contributed by atoms with Crippen LogP contribution in [-0.2, 0) is 25.4 Å². The average Bonchev–Trinajstić information content (AvgIpc) is 3.13. The minimum absolute atomic E-state index is 0.0158. The highest BCUT2D eigenvalue weighted by molar-refractivity contribution is 8.03. The van der Waals surface area contributed by atoms with Crippen LogP contribution in [0.2, 0.25) is 13.1 Å². The number of benzene rings is 2. The van der Waals surface area contributed by atoms with Gasteiger partial charge in [0.1, 0.15) is 12.3 Å². The Kier molecular flexibility index (Phi) is 8.68. The monoisotopic (exact) mass is 568 g/mol. The van der Waals surface area contributed by atoms with Gasteiger partial charge in [0, 0.05) is 34.5 Å². The van der Waals surface area contributed by atoms with Crippen molar-refractivity contribution in [3.05, 3.63) is 80.9 Å². The molecule has 8 nitrogen and oxygen atoms in total. The van der Waals surface area contributed by atoms with Gasteiger partial charge in [-0.05, 0) is 54.3 Å². The lowest BCUT2D eigenvalue weighted by Gasteiger charge is -2.51. The number of ether oxygens (including phenoxy) is 1. The quantitative estimate of drug-likeness (QED) is 0.118. The molecule has 1 unspecified atom stereocenters. The summed E-state index contributed by atoms with van der Waals surface area (Å²) in [6.07, 6.45) is 0. The van der Waals surface area contributed by atoms with Crippen LogP contribution in [0.25, 0.3) is 0 Å². The first-order valence-corrected chi connectivity index (χ1v) is 16.8. The highest BCUT2D eigenvalue weighted by Crippen LogP contribution is 2.55. The number of carbonyl (C=O) groups is 2. The van der Waals surface area contributed by atoms with Crippen LogP contribution in [0.4, 0.5) is 5.69 Å². The molecule has 0 saturated carbocycles. The Hall–Kier alpha value is -2.95. The van der Waals surface area contributed by atoms with Crippen LogP contribution in [0.15, 0.2) is 70.1 Å². The first-order chi connectivity index (χ1) is 18.4. The van der Waals surface area contributed by atoms with Gasteiger partial charge in [-0.1, -0.05) is 57.7 Å². The molecule has 2 aromatic carbocycles. The number of rotatable bonds is 10. The average molecular weight is 569 g/mol. The SMILES string of the molecule is CC1C(Sc2ccccc2)=C(C(=O)OCc2ccc([N+](=O)[O-])cc2)N2C(=O)[C@@H]([C@@H](CO[SiH](C)C)C(C)(C)C)[C@@H]12. The van der Waals surface area contributed by atoms with Crippen molar-refractivity contribution in [1.82, 2.24) is 4.90 Å². The lowest BCUT2D eigenvalue weighted by Crippen LogP contribution is -2.64. The molecule has 0 aromatic heterocycles. The number of esters is 1. The normalized spacial score (nSPS) is 21.6. The number of nitrogens with zero attached hydrogens (tertiary/aromatic N) is 2. The van der Waals surface area contributed by atoms with E-state index >= 15 is 0 Å². The number of non-ortho nitro benzene ring substituents is 1. The number of thioether (sulfide) groups is 1. The summed E-state index contributed by atoms with van der Waals surface area (Å²) in [7, 11) is -1.28. The number of fused-ring (bicyclic) bond motifs is 1. The molecule has 10 heteroatoms. The summed E-state index contributed by atoms with van der Waals surface area (Å²) in [5.41, 5.74) is 0.749. The molecule has 4 rings (SSSR count). The van der Waals surface area contributed by atoms with E-state index in [1.54, 1.807) is 17.0 Å². The van der Waals surface area contributed by atoms with Crippen molar-refractivity contribution in [1.29, 1.82) is 0 Å². The van der Waals surface area contributed by atoms with Gasteiger partial charge in [-0.15, -0.1) is 0 Å². The number of hydrogen-bond acceptors (Lipinski definition) is 7. The molecule has 39 heavy (non-hydrogen) atoms. The van der Waals surface area contributed by atoms with E-state index in [9.17, 15) is 19.7 Å². The largest absolute Gasteiger partial charge is 0.456 e. The number of hydrogen-bond donors (Lipinski definition) is 0. The zero-order chi connectivity index (χ0) is 28.5. The second kappa shape index (κ2) is 11.7. The van der Waals surface area contributed by atoms with Crippen LogP contribution in [0.3, 0.4) is 0 Å². The zero-order valence-corrected chi connectivity index (χ0v) is 25.2. The topological polar surface area (TPSA) is 99.0 Å². The fraction of sp³-hybridized carbons (Fsp3) is 0.448. The summed E-state index contributed by atoms with van der Waals surface area (Å²) in [6, 6.07) is 15.5. The van der Waals surface area contributed by atoms with E-state index in [0.29, 0.717) is 17.9 Å². The Balaban J connectivity index is 1.62. The first kappa shape index (κ1) is 29.0. The molecule has 2 aliphatic rings. The van der Waals surface area contributed by atoms with Gasteiger partial charge < -0.3 is 14.1 Å². The molecule has 2 heterocycles. The van der Waals surface area contributed by atoms with Gasteiger partial charge in [0.05, 0.1) is 16.9 Å². The van der Waals surface area contributed by atoms with Crippen molar-refractivity contribution < 1.29 is 23.7 Å². The minimum atomic E-state index is -1.28. The van der Waals surface area contributed by atoms with Crippen LogP contribution < -0.4 is 0 Å². The molecule has 208 valence electrons. The van der Waals surface area contributed by atoms with Gasteiger partial charge in [0.15, 0.2) is 9.04 Å². The van der Waals surface area contributed by atoms with Crippen LogP contribution in [0.1, 0.15) is 33.3 Å². The van der Waals surface area contributed by atoms with E-state index < -0.39 is 19.9 Å². The standard InChI is InChI=1S/C29H36N2O6SSi/c1-18-24-23(22(29(2,3)4)17-37-39(5)6)27(32)30(24)25(26(18)38-21-10-8-7-9-11-21)28(33)36-16-19-12-14-20(15-13-19)31(34)35/h7-15,18,22-24,39H,16-17H2,1-6H3/t18?,22-,23+,24-/m1/s1. The van der Waals surface area contributed by atoms with Crippen molar-refractivity contribution >= 4 is 38.4 Å². The number of nitro benzene ring substituents is 1. The lowest BCUT2D eigenvalue weighted by atomic mass is 9.65. The number of amides is 1. The molecule has 0 N–H and O–H groups in total. The highest BCUT2D eigenvalue weighted by atomic mass is 32.2. The molecule has 2 aromatic rings. The molecule has 0 spiro atoms. The molecular weight excluding hydrogens is 532 g/mol. The summed E-state index contributed by atoms with van der Waals surface area (Å²) < 4.78 is 11.8. The van der Waals surface area contributed by atoms with E-state index in [4.69, 9.17) is 9.16 Å². The predicted octanol–water partition coefficient (Wildman–Crippen LogP) is 5.78. The maximum absolute atomic E-state index is 13.8. The molecule has 1 saturated heterocycles.